The van der Waals surface area contributed by atoms with Crippen LogP contribution in [0.15, 0.2) is 73.3 Å². The summed E-state index contributed by atoms with van der Waals surface area (Å²) in [7, 11) is -4.45. The van der Waals surface area contributed by atoms with E-state index < -0.39 is 16.6 Å². The molecule has 0 saturated carbocycles. The molecule has 0 heterocycles. The summed E-state index contributed by atoms with van der Waals surface area (Å²) in [5, 5.41) is 2.79. The molecule has 2 rings (SSSR count). The molecule has 0 amide bonds. The van der Waals surface area contributed by atoms with E-state index >= 15 is 0 Å². The predicted octanol–water partition coefficient (Wildman–Crippen LogP) is 7.17. The molecule has 4 heteroatoms. The molecule has 0 fully saturated rings. The molecule has 0 bridgehead atoms. The summed E-state index contributed by atoms with van der Waals surface area (Å²) < 4.78 is 14.1. The Morgan fingerprint density at radius 3 is 1.64 bits per heavy atom. The van der Waals surface area contributed by atoms with Gasteiger partial charge < -0.3 is 8.85 Å². The zero-order chi connectivity index (χ0) is 24.9. The second-order valence-electron chi connectivity index (χ2n) is 11.9. The van der Waals surface area contributed by atoms with Crippen LogP contribution in [0.5, 0.6) is 0 Å². The molecule has 2 aromatic carbocycles. The first-order chi connectivity index (χ1) is 15.3. The number of benzene rings is 2. The van der Waals surface area contributed by atoms with E-state index in [4.69, 9.17) is 8.85 Å². The van der Waals surface area contributed by atoms with Crippen LogP contribution in [-0.2, 0) is 8.85 Å². The monoisotopic (exact) mass is 482 g/mol. The Labute approximate surface area is 205 Å². The van der Waals surface area contributed by atoms with Crippen LogP contribution >= 0.6 is 0 Å². The highest BCUT2D eigenvalue weighted by atomic mass is 28.4. The van der Waals surface area contributed by atoms with E-state index in [2.05, 4.69) is 129 Å². The summed E-state index contributed by atoms with van der Waals surface area (Å²) in [6.07, 6.45) is 2.95. The van der Waals surface area contributed by atoms with Gasteiger partial charge in [0.05, 0.1) is 6.10 Å². The summed E-state index contributed by atoms with van der Waals surface area (Å²) >= 11 is 0. The first kappa shape index (κ1) is 27.8. The zero-order valence-electron chi connectivity index (χ0n) is 22.4. The summed E-state index contributed by atoms with van der Waals surface area (Å²) in [5.41, 5.74) is 0. The third-order valence-electron chi connectivity index (χ3n) is 7.27. The molecular formula is C29H46O2Si2. The van der Waals surface area contributed by atoms with Crippen LogP contribution in [0.3, 0.4) is 0 Å². The first-order valence-electron chi connectivity index (χ1n) is 12.3. The Morgan fingerprint density at radius 2 is 1.27 bits per heavy atom. The lowest BCUT2D eigenvalue weighted by molar-refractivity contribution is 0.0915. The Balaban J connectivity index is 2.43. The molecule has 0 spiro atoms. The van der Waals surface area contributed by atoms with Gasteiger partial charge in [-0.3, -0.25) is 0 Å². The molecule has 0 saturated heterocycles. The van der Waals surface area contributed by atoms with Crippen molar-refractivity contribution < 1.29 is 8.85 Å². The lowest BCUT2D eigenvalue weighted by atomic mass is 10.0. The standard InChI is InChI=1S/C29H46O2Si2/c1-11-18-27(31-32(9,10)28(3,4)5)24(2)23-30-33(29(6,7)8,25-19-14-12-15-20-25)26-21-16-13-17-22-26/h11-17,19-22,24,27H,1,18,23H2,2-10H3/t24-,27-/m0/s1. The van der Waals surface area contributed by atoms with Crippen LogP contribution in [0.4, 0.5) is 0 Å². The van der Waals surface area contributed by atoms with Gasteiger partial charge in [0, 0.05) is 12.5 Å². The zero-order valence-corrected chi connectivity index (χ0v) is 24.4. The van der Waals surface area contributed by atoms with Crippen LogP contribution < -0.4 is 10.4 Å². The van der Waals surface area contributed by atoms with E-state index in [1.807, 2.05) is 6.08 Å². The van der Waals surface area contributed by atoms with Gasteiger partial charge in [0.1, 0.15) is 0 Å². The van der Waals surface area contributed by atoms with Crippen molar-refractivity contribution in [1.82, 2.24) is 0 Å². The van der Waals surface area contributed by atoms with Crippen molar-refractivity contribution in [3.8, 4) is 0 Å². The second-order valence-corrected chi connectivity index (χ2v) is 21.0. The van der Waals surface area contributed by atoms with Crippen molar-refractivity contribution in [2.24, 2.45) is 5.92 Å². The van der Waals surface area contributed by atoms with E-state index in [9.17, 15) is 0 Å². The molecule has 0 N–H and O–H groups in total. The van der Waals surface area contributed by atoms with Crippen LogP contribution in [-0.4, -0.2) is 29.3 Å². The maximum Gasteiger partial charge on any atom is 0.261 e. The van der Waals surface area contributed by atoms with E-state index in [1.54, 1.807) is 0 Å². The van der Waals surface area contributed by atoms with Crippen LogP contribution in [0.25, 0.3) is 0 Å². The second kappa shape index (κ2) is 10.9. The Kier molecular flexibility index (Phi) is 9.14. The van der Waals surface area contributed by atoms with Crippen molar-refractivity contribution in [3.63, 3.8) is 0 Å². The Bertz CT molecular complexity index is 824. The third kappa shape index (κ3) is 6.36. The molecule has 0 unspecified atom stereocenters. The first-order valence-corrected chi connectivity index (χ1v) is 17.1. The van der Waals surface area contributed by atoms with Crippen LogP contribution in [0.1, 0.15) is 54.9 Å². The smallest absolute Gasteiger partial charge is 0.261 e. The summed E-state index contributed by atoms with van der Waals surface area (Å²) in [4.78, 5) is 0. The maximum absolute atomic E-state index is 7.20. The fraction of sp³-hybridized carbons (Fsp3) is 0.517. The molecule has 0 aliphatic carbocycles. The molecule has 0 aliphatic rings. The van der Waals surface area contributed by atoms with E-state index in [0.717, 1.165) is 6.42 Å². The molecule has 33 heavy (non-hydrogen) atoms. The average molecular weight is 483 g/mol. The number of rotatable bonds is 10. The number of hydrogen-bond acceptors (Lipinski definition) is 2. The van der Waals surface area contributed by atoms with Gasteiger partial charge in [0.25, 0.3) is 8.32 Å². The molecule has 2 aromatic rings. The lowest BCUT2D eigenvalue weighted by Crippen LogP contribution is -2.67. The fourth-order valence-corrected chi connectivity index (χ4v) is 10.3. The highest BCUT2D eigenvalue weighted by Gasteiger charge is 2.50. The van der Waals surface area contributed by atoms with E-state index in [-0.39, 0.29) is 22.1 Å². The predicted molar refractivity (Wildman–Crippen MR) is 150 cm³/mol. The van der Waals surface area contributed by atoms with Crippen LogP contribution in [0, 0.1) is 5.92 Å². The maximum atomic E-state index is 7.20. The van der Waals surface area contributed by atoms with Gasteiger partial charge in [0.15, 0.2) is 8.32 Å². The molecule has 0 aromatic heterocycles. The van der Waals surface area contributed by atoms with Gasteiger partial charge in [-0.15, -0.1) is 6.58 Å². The van der Waals surface area contributed by atoms with Crippen molar-refractivity contribution in [2.45, 2.75) is 84.2 Å². The highest BCUT2D eigenvalue weighted by molar-refractivity contribution is 6.99. The van der Waals surface area contributed by atoms with Crippen molar-refractivity contribution in [3.05, 3.63) is 73.3 Å². The quantitative estimate of drug-likeness (QED) is 0.264. The Hall–Kier alpha value is -1.47. The normalized spacial score (nSPS) is 15.2. The minimum Gasteiger partial charge on any atom is -0.413 e. The Morgan fingerprint density at radius 1 is 0.818 bits per heavy atom. The van der Waals surface area contributed by atoms with Crippen molar-refractivity contribution in [2.75, 3.05) is 6.61 Å². The van der Waals surface area contributed by atoms with Crippen molar-refractivity contribution >= 4 is 27.0 Å². The van der Waals surface area contributed by atoms with Gasteiger partial charge in [0.2, 0.25) is 0 Å². The van der Waals surface area contributed by atoms with Crippen molar-refractivity contribution in [1.29, 1.82) is 0 Å². The third-order valence-corrected chi connectivity index (χ3v) is 16.8. The summed E-state index contributed by atoms with van der Waals surface area (Å²) in [6, 6.07) is 21.7. The van der Waals surface area contributed by atoms with E-state index in [1.165, 1.54) is 10.4 Å². The number of hydrogen-bond donors (Lipinski definition) is 0. The summed E-state index contributed by atoms with van der Waals surface area (Å²) in [6.45, 7) is 25.5. The average Bonchev–Trinajstić information content (AvgIpc) is 2.73. The largest absolute Gasteiger partial charge is 0.413 e. The molecular weight excluding hydrogens is 436 g/mol. The molecule has 0 aliphatic heterocycles. The van der Waals surface area contributed by atoms with Gasteiger partial charge >= 0.3 is 0 Å². The SMILES string of the molecule is C=CC[C@H](O[Si](C)(C)C(C)(C)C)[C@@H](C)CO[Si](c1ccccc1)(c1ccccc1)C(C)(C)C. The van der Waals surface area contributed by atoms with Crippen LogP contribution in [0.2, 0.25) is 23.2 Å². The van der Waals surface area contributed by atoms with E-state index in [0.29, 0.717) is 6.61 Å². The minimum absolute atomic E-state index is 0.0242. The minimum atomic E-state index is -2.55. The fourth-order valence-electron chi connectivity index (χ4n) is 4.24. The highest BCUT2D eigenvalue weighted by Crippen LogP contribution is 2.40. The van der Waals surface area contributed by atoms with Gasteiger partial charge in [-0.2, -0.15) is 0 Å². The molecule has 2 nitrogen and oxygen atoms in total. The lowest BCUT2D eigenvalue weighted by Gasteiger charge is -2.45. The molecule has 2 atom stereocenters. The van der Waals surface area contributed by atoms with Gasteiger partial charge in [-0.05, 0) is 40.0 Å². The van der Waals surface area contributed by atoms with Gasteiger partial charge in [-0.25, -0.2) is 0 Å². The molecule has 0 radical (unpaired) electrons. The topological polar surface area (TPSA) is 18.5 Å². The van der Waals surface area contributed by atoms with Gasteiger partial charge in [-0.1, -0.05) is 115 Å². The summed E-state index contributed by atoms with van der Waals surface area (Å²) in [5.74, 6) is 0.263. The molecule has 182 valence electrons.